The molecule has 8 heteroatoms. The van der Waals surface area contributed by atoms with Crippen LogP contribution in [-0.2, 0) is 13.5 Å². The molecule has 3 aromatic rings. The lowest BCUT2D eigenvalue weighted by atomic mass is 9.91. The molecule has 7 nitrogen and oxygen atoms in total. The summed E-state index contributed by atoms with van der Waals surface area (Å²) in [4.78, 5) is 31.2. The third-order valence-corrected chi connectivity index (χ3v) is 5.56. The van der Waals surface area contributed by atoms with Crippen LogP contribution < -0.4 is 5.32 Å². The van der Waals surface area contributed by atoms with Gasteiger partial charge in [-0.05, 0) is 61.6 Å². The predicted molar refractivity (Wildman–Crippen MR) is 114 cm³/mol. The van der Waals surface area contributed by atoms with Gasteiger partial charge in [0.2, 0.25) is 0 Å². The lowest BCUT2D eigenvalue weighted by molar-refractivity contribution is 0.0690. The minimum Gasteiger partial charge on any atom is -0.339 e. The topological polar surface area (TPSA) is 80.1 Å². The molecule has 1 N–H and O–H groups in total. The molecule has 1 fully saturated rings. The monoisotopic (exact) mass is 421 g/mol. The van der Waals surface area contributed by atoms with Gasteiger partial charge in [0, 0.05) is 50.0 Å². The van der Waals surface area contributed by atoms with E-state index in [1.807, 2.05) is 4.90 Å². The second-order valence-electron chi connectivity index (χ2n) is 7.80. The molecule has 3 heterocycles. The van der Waals surface area contributed by atoms with Gasteiger partial charge in [-0.2, -0.15) is 5.10 Å². The van der Waals surface area contributed by atoms with Gasteiger partial charge in [0.1, 0.15) is 5.82 Å². The lowest BCUT2D eigenvalue weighted by Crippen LogP contribution is -2.39. The largest absolute Gasteiger partial charge is 0.339 e. The molecule has 1 aliphatic rings. The van der Waals surface area contributed by atoms with E-state index in [-0.39, 0.29) is 17.6 Å². The zero-order valence-corrected chi connectivity index (χ0v) is 17.3. The molecule has 4 rings (SSSR count). The Balaban J connectivity index is 1.37. The standard InChI is InChI=1S/C23H24FN5O2/c1-28-15-20(22(30)26-19-4-2-18(24)3-5-19)21(27-28)14-16-8-12-29(13-9-16)23(31)17-6-10-25-11-7-17/h2-7,10-11,15-16H,8-9,12-14H2,1H3,(H,26,30). The number of halogens is 1. The summed E-state index contributed by atoms with van der Waals surface area (Å²) in [7, 11) is 1.79. The van der Waals surface area contributed by atoms with Crippen LogP contribution in [0.2, 0.25) is 0 Å². The third-order valence-electron chi connectivity index (χ3n) is 5.56. The Morgan fingerprint density at radius 1 is 1.10 bits per heavy atom. The highest BCUT2D eigenvalue weighted by atomic mass is 19.1. The molecule has 0 spiro atoms. The van der Waals surface area contributed by atoms with E-state index in [0.29, 0.717) is 42.2 Å². The maximum Gasteiger partial charge on any atom is 0.259 e. The number of carbonyl (C=O) groups is 2. The van der Waals surface area contributed by atoms with Crippen LogP contribution in [0, 0.1) is 11.7 Å². The van der Waals surface area contributed by atoms with E-state index in [4.69, 9.17) is 0 Å². The first-order chi connectivity index (χ1) is 15.0. The molecule has 0 saturated carbocycles. The summed E-state index contributed by atoms with van der Waals surface area (Å²) in [5, 5.41) is 7.29. The summed E-state index contributed by atoms with van der Waals surface area (Å²) in [6, 6.07) is 9.13. The molecular formula is C23H24FN5O2. The van der Waals surface area contributed by atoms with Gasteiger partial charge in [-0.3, -0.25) is 19.3 Å². The zero-order valence-electron chi connectivity index (χ0n) is 17.3. The zero-order chi connectivity index (χ0) is 21.8. The number of aryl methyl sites for hydroxylation is 1. The molecule has 2 aromatic heterocycles. The van der Waals surface area contributed by atoms with Crippen LogP contribution in [0.25, 0.3) is 0 Å². The Kier molecular flexibility index (Phi) is 6.06. The van der Waals surface area contributed by atoms with Crippen molar-refractivity contribution in [2.45, 2.75) is 19.3 Å². The van der Waals surface area contributed by atoms with Gasteiger partial charge >= 0.3 is 0 Å². The summed E-state index contributed by atoms with van der Waals surface area (Å²) >= 11 is 0. The summed E-state index contributed by atoms with van der Waals surface area (Å²) in [6.07, 6.45) is 7.33. The second-order valence-corrected chi connectivity index (χ2v) is 7.80. The molecule has 0 unspecified atom stereocenters. The average molecular weight is 421 g/mol. The van der Waals surface area contributed by atoms with Crippen molar-refractivity contribution >= 4 is 17.5 Å². The molecular weight excluding hydrogens is 397 g/mol. The first-order valence-electron chi connectivity index (χ1n) is 10.3. The number of amides is 2. The molecule has 0 atom stereocenters. The van der Waals surface area contributed by atoms with Gasteiger partial charge in [0.05, 0.1) is 11.3 Å². The van der Waals surface area contributed by atoms with Crippen LogP contribution in [-0.4, -0.2) is 44.6 Å². The third kappa shape index (κ3) is 4.96. The highest BCUT2D eigenvalue weighted by Gasteiger charge is 2.26. The number of aromatic nitrogens is 3. The first kappa shape index (κ1) is 20.7. The molecule has 1 aliphatic heterocycles. The van der Waals surface area contributed by atoms with Crippen LogP contribution in [0.1, 0.15) is 39.3 Å². The van der Waals surface area contributed by atoms with Crippen molar-refractivity contribution in [3.63, 3.8) is 0 Å². The SMILES string of the molecule is Cn1cc(C(=O)Nc2ccc(F)cc2)c(CC2CCN(C(=O)c3ccncc3)CC2)n1. The van der Waals surface area contributed by atoms with E-state index in [0.717, 1.165) is 18.5 Å². The predicted octanol–water partition coefficient (Wildman–Crippen LogP) is 3.30. The normalized spacial score (nSPS) is 14.5. The number of piperidine rings is 1. The Morgan fingerprint density at radius 2 is 1.77 bits per heavy atom. The maximum atomic E-state index is 13.1. The quantitative estimate of drug-likeness (QED) is 0.686. The minimum absolute atomic E-state index is 0.0260. The van der Waals surface area contributed by atoms with Crippen LogP contribution in [0.4, 0.5) is 10.1 Å². The summed E-state index contributed by atoms with van der Waals surface area (Å²) in [6.45, 7) is 1.35. The fourth-order valence-corrected chi connectivity index (χ4v) is 3.90. The number of nitrogens with one attached hydrogen (secondary N) is 1. The molecule has 31 heavy (non-hydrogen) atoms. The number of likely N-dealkylation sites (tertiary alicyclic amines) is 1. The van der Waals surface area contributed by atoms with Gasteiger partial charge in [0.25, 0.3) is 11.8 Å². The molecule has 1 aromatic carbocycles. The van der Waals surface area contributed by atoms with Crippen molar-refractivity contribution in [3.05, 3.63) is 77.6 Å². The van der Waals surface area contributed by atoms with Crippen molar-refractivity contribution in [1.82, 2.24) is 19.7 Å². The molecule has 0 aliphatic carbocycles. The number of benzene rings is 1. The number of anilines is 1. The van der Waals surface area contributed by atoms with Gasteiger partial charge in [-0.25, -0.2) is 4.39 Å². The lowest BCUT2D eigenvalue weighted by Gasteiger charge is -2.32. The molecule has 0 radical (unpaired) electrons. The van der Waals surface area contributed by atoms with E-state index < -0.39 is 0 Å². The van der Waals surface area contributed by atoms with Crippen molar-refractivity contribution in [2.24, 2.45) is 13.0 Å². The Labute approximate surface area is 179 Å². The number of hydrogen-bond donors (Lipinski definition) is 1. The van der Waals surface area contributed by atoms with E-state index in [1.54, 1.807) is 42.5 Å². The Bertz CT molecular complexity index is 1060. The Hall–Kier alpha value is -3.55. The highest BCUT2D eigenvalue weighted by molar-refractivity contribution is 6.04. The van der Waals surface area contributed by atoms with Crippen LogP contribution in [0.5, 0.6) is 0 Å². The van der Waals surface area contributed by atoms with Crippen molar-refractivity contribution in [3.8, 4) is 0 Å². The van der Waals surface area contributed by atoms with Crippen molar-refractivity contribution < 1.29 is 14.0 Å². The molecule has 1 saturated heterocycles. The molecule has 0 bridgehead atoms. The van der Waals surface area contributed by atoms with E-state index in [2.05, 4.69) is 15.4 Å². The van der Waals surface area contributed by atoms with Gasteiger partial charge < -0.3 is 10.2 Å². The summed E-state index contributed by atoms with van der Waals surface area (Å²) < 4.78 is 14.7. The van der Waals surface area contributed by atoms with Crippen molar-refractivity contribution in [2.75, 3.05) is 18.4 Å². The number of nitrogens with zero attached hydrogens (tertiary/aromatic N) is 4. The number of pyridine rings is 1. The smallest absolute Gasteiger partial charge is 0.259 e. The van der Waals surface area contributed by atoms with E-state index >= 15 is 0 Å². The summed E-state index contributed by atoms with van der Waals surface area (Å²) in [5.41, 5.74) is 2.44. The van der Waals surface area contributed by atoms with Gasteiger partial charge in [-0.15, -0.1) is 0 Å². The van der Waals surface area contributed by atoms with Crippen LogP contribution in [0.15, 0.2) is 55.0 Å². The fourth-order valence-electron chi connectivity index (χ4n) is 3.90. The summed E-state index contributed by atoms with van der Waals surface area (Å²) in [5.74, 6) is -0.249. The minimum atomic E-state index is -0.353. The number of rotatable bonds is 5. The number of carbonyl (C=O) groups excluding carboxylic acids is 2. The maximum absolute atomic E-state index is 13.1. The fraction of sp³-hybridized carbons (Fsp3) is 0.304. The van der Waals surface area contributed by atoms with Crippen LogP contribution >= 0.6 is 0 Å². The second kappa shape index (κ2) is 9.07. The van der Waals surface area contributed by atoms with Gasteiger partial charge in [0.15, 0.2) is 0 Å². The van der Waals surface area contributed by atoms with Gasteiger partial charge in [-0.1, -0.05) is 0 Å². The highest BCUT2D eigenvalue weighted by Crippen LogP contribution is 2.24. The number of hydrogen-bond acceptors (Lipinski definition) is 4. The first-order valence-corrected chi connectivity index (χ1v) is 10.3. The van der Waals surface area contributed by atoms with E-state index in [1.165, 1.54) is 24.3 Å². The molecule has 2 amide bonds. The molecule has 160 valence electrons. The average Bonchev–Trinajstić information content (AvgIpc) is 3.16. The van der Waals surface area contributed by atoms with Crippen LogP contribution in [0.3, 0.4) is 0 Å². The van der Waals surface area contributed by atoms with Crippen molar-refractivity contribution in [1.29, 1.82) is 0 Å². The van der Waals surface area contributed by atoms with E-state index in [9.17, 15) is 14.0 Å². The Morgan fingerprint density at radius 3 is 2.45 bits per heavy atom.